The second-order valence-electron chi connectivity index (χ2n) is 2.57. The second-order valence-corrected chi connectivity index (χ2v) is 2.57. The van der Waals surface area contributed by atoms with E-state index >= 15 is 0 Å². The lowest BCUT2D eigenvalue weighted by Crippen LogP contribution is -2.13. The third-order valence-corrected chi connectivity index (χ3v) is 1.86. The average Bonchev–Trinajstić information content (AvgIpc) is 2.07. The third-order valence-electron chi connectivity index (χ3n) is 1.86. The van der Waals surface area contributed by atoms with Crippen LogP contribution in [0.15, 0.2) is 12.2 Å². The van der Waals surface area contributed by atoms with Crippen LogP contribution in [0.3, 0.4) is 0 Å². The SMILES string of the molecule is CCC1CCC=CC1=O.O=C=O. The minimum Gasteiger partial charge on any atom is -0.295 e. The molecule has 0 aromatic rings. The molecular weight excluding hydrogens is 156 g/mol. The van der Waals surface area contributed by atoms with Gasteiger partial charge in [-0.2, -0.15) is 9.59 Å². The Balaban J connectivity index is 0.000000354. The Morgan fingerprint density at radius 2 is 2.17 bits per heavy atom. The molecule has 1 unspecified atom stereocenters. The van der Waals surface area contributed by atoms with E-state index in [1.54, 1.807) is 6.08 Å². The lowest BCUT2D eigenvalue weighted by molar-refractivity contribution is -0.191. The largest absolute Gasteiger partial charge is 0.373 e. The van der Waals surface area contributed by atoms with Gasteiger partial charge in [-0.25, -0.2) is 0 Å². The lowest BCUT2D eigenvalue weighted by Gasteiger charge is -2.12. The van der Waals surface area contributed by atoms with Gasteiger partial charge in [0, 0.05) is 5.92 Å². The van der Waals surface area contributed by atoms with Crippen molar-refractivity contribution in [3.05, 3.63) is 12.2 Å². The smallest absolute Gasteiger partial charge is 0.295 e. The molecule has 0 heterocycles. The van der Waals surface area contributed by atoms with E-state index in [-0.39, 0.29) is 6.15 Å². The van der Waals surface area contributed by atoms with Gasteiger partial charge in [0.15, 0.2) is 5.78 Å². The molecule has 0 aliphatic heterocycles. The van der Waals surface area contributed by atoms with Crippen LogP contribution in [0.2, 0.25) is 0 Å². The van der Waals surface area contributed by atoms with Crippen molar-refractivity contribution in [3.8, 4) is 0 Å². The van der Waals surface area contributed by atoms with Crippen LogP contribution in [0.1, 0.15) is 26.2 Å². The average molecular weight is 168 g/mol. The minimum absolute atomic E-state index is 0.250. The van der Waals surface area contributed by atoms with Crippen LogP contribution in [0.25, 0.3) is 0 Å². The fraction of sp³-hybridized carbons (Fsp3) is 0.556. The van der Waals surface area contributed by atoms with Gasteiger partial charge in [-0.1, -0.05) is 13.0 Å². The minimum atomic E-state index is 0.250. The highest BCUT2D eigenvalue weighted by molar-refractivity contribution is 5.92. The number of carbonyl (C=O) groups excluding carboxylic acids is 3. The van der Waals surface area contributed by atoms with E-state index in [1.807, 2.05) is 6.08 Å². The van der Waals surface area contributed by atoms with Crippen LogP contribution >= 0.6 is 0 Å². The van der Waals surface area contributed by atoms with Crippen molar-refractivity contribution < 1.29 is 14.4 Å². The summed E-state index contributed by atoms with van der Waals surface area (Å²) in [7, 11) is 0. The zero-order valence-electron chi connectivity index (χ0n) is 7.08. The molecule has 1 rings (SSSR count). The van der Waals surface area contributed by atoms with Crippen LogP contribution in [-0.2, 0) is 14.4 Å². The summed E-state index contributed by atoms with van der Waals surface area (Å²) < 4.78 is 0. The number of carbonyl (C=O) groups is 1. The molecule has 1 aliphatic rings. The van der Waals surface area contributed by atoms with Crippen LogP contribution in [0.4, 0.5) is 0 Å². The van der Waals surface area contributed by atoms with Crippen molar-refractivity contribution in [2.24, 2.45) is 5.92 Å². The van der Waals surface area contributed by atoms with Crippen molar-refractivity contribution in [2.75, 3.05) is 0 Å². The van der Waals surface area contributed by atoms with E-state index in [0.717, 1.165) is 19.3 Å². The second kappa shape index (κ2) is 6.50. The Kier molecular flexibility index (Phi) is 5.84. The van der Waals surface area contributed by atoms with E-state index in [2.05, 4.69) is 6.92 Å². The highest BCUT2D eigenvalue weighted by Gasteiger charge is 2.15. The van der Waals surface area contributed by atoms with Crippen molar-refractivity contribution in [3.63, 3.8) is 0 Å². The third kappa shape index (κ3) is 3.84. The number of ketones is 1. The first-order chi connectivity index (χ1) is 5.76. The molecule has 3 nitrogen and oxygen atoms in total. The molecule has 0 amide bonds. The van der Waals surface area contributed by atoms with Crippen LogP contribution < -0.4 is 0 Å². The first-order valence-electron chi connectivity index (χ1n) is 3.95. The summed E-state index contributed by atoms with van der Waals surface area (Å²) in [5.74, 6) is 0.652. The Morgan fingerprint density at radius 1 is 1.58 bits per heavy atom. The van der Waals surface area contributed by atoms with Gasteiger partial charge < -0.3 is 0 Å². The molecule has 0 radical (unpaired) electrons. The summed E-state index contributed by atoms with van der Waals surface area (Å²) in [6.45, 7) is 2.07. The maximum absolute atomic E-state index is 10.9. The molecular formula is C9H12O3. The molecule has 0 saturated heterocycles. The van der Waals surface area contributed by atoms with Crippen molar-refractivity contribution >= 4 is 11.9 Å². The molecule has 0 fully saturated rings. The predicted octanol–water partition coefficient (Wildman–Crippen LogP) is 1.35. The van der Waals surface area contributed by atoms with Gasteiger partial charge in [0.05, 0.1) is 0 Å². The molecule has 0 aromatic heterocycles. The predicted molar refractivity (Wildman–Crippen MR) is 42.2 cm³/mol. The molecule has 3 heteroatoms. The molecule has 66 valence electrons. The Morgan fingerprint density at radius 3 is 2.50 bits per heavy atom. The lowest BCUT2D eigenvalue weighted by atomic mass is 9.91. The van der Waals surface area contributed by atoms with E-state index in [0.29, 0.717) is 11.7 Å². The summed E-state index contributed by atoms with van der Waals surface area (Å²) >= 11 is 0. The van der Waals surface area contributed by atoms with Gasteiger partial charge in [0.25, 0.3) is 0 Å². The summed E-state index contributed by atoms with van der Waals surface area (Å²) in [6, 6.07) is 0. The first-order valence-corrected chi connectivity index (χ1v) is 3.95. The molecule has 0 spiro atoms. The molecule has 1 aliphatic carbocycles. The first kappa shape index (κ1) is 10.8. The monoisotopic (exact) mass is 168 g/mol. The molecule has 0 aromatic carbocycles. The molecule has 0 saturated carbocycles. The van der Waals surface area contributed by atoms with Gasteiger partial charge in [-0.15, -0.1) is 0 Å². The molecule has 0 bridgehead atoms. The van der Waals surface area contributed by atoms with Gasteiger partial charge in [0.1, 0.15) is 0 Å². The van der Waals surface area contributed by atoms with Gasteiger partial charge in [-0.3, -0.25) is 4.79 Å². The Labute approximate surface area is 71.5 Å². The highest BCUT2D eigenvalue weighted by Crippen LogP contribution is 2.17. The van der Waals surface area contributed by atoms with Gasteiger partial charge in [0.2, 0.25) is 0 Å². The maximum atomic E-state index is 10.9. The number of hydrogen-bond donors (Lipinski definition) is 0. The number of hydrogen-bond acceptors (Lipinski definition) is 3. The fourth-order valence-electron chi connectivity index (χ4n) is 1.18. The zero-order valence-corrected chi connectivity index (χ0v) is 7.08. The van der Waals surface area contributed by atoms with Crippen LogP contribution in [0, 0.1) is 5.92 Å². The van der Waals surface area contributed by atoms with E-state index < -0.39 is 0 Å². The maximum Gasteiger partial charge on any atom is 0.373 e. The number of allylic oxidation sites excluding steroid dienone is 2. The number of rotatable bonds is 1. The summed E-state index contributed by atoms with van der Waals surface area (Å²) in [5, 5.41) is 0. The van der Waals surface area contributed by atoms with Gasteiger partial charge >= 0.3 is 6.15 Å². The van der Waals surface area contributed by atoms with Crippen molar-refractivity contribution in [1.29, 1.82) is 0 Å². The quantitative estimate of drug-likeness (QED) is 0.593. The highest BCUT2D eigenvalue weighted by atomic mass is 16.2. The molecule has 12 heavy (non-hydrogen) atoms. The van der Waals surface area contributed by atoms with E-state index in [4.69, 9.17) is 9.59 Å². The molecule has 0 N–H and O–H groups in total. The van der Waals surface area contributed by atoms with Crippen molar-refractivity contribution in [1.82, 2.24) is 0 Å². The van der Waals surface area contributed by atoms with Crippen LogP contribution in [0.5, 0.6) is 0 Å². The van der Waals surface area contributed by atoms with E-state index in [9.17, 15) is 4.79 Å². The van der Waals surface area contributed by atoms with Crippen LogP contribution in [-0.4, -0.2) is 11.9 Å². The summed E-state index contributed by atoms with van der Waals surface area (Å²) in [4.78, 5) is 27.2. The van der Waals surface area contributed by atoms with Gasteiger partial charge in [-0.05, 0) is 25.3 Å². The molecule has 1 atom stereocenters. The summed E-state index contributed by atoms with van der Waals surface area (Å²) in [5.41, 5.74) is 0. The normalized spacial score (nSPS) is 20.8. The Bertz CT molecular complexity index is 200. The topological polar surface area (TPSA) is 51.2 Å². The summed E-state index contributed by atoms with van der Waals surface area (Å²) in [6.07, 6.45) is 7.09. The standard InChI is InChI=1S/C8H12O.CO2/c1-2-7-5-3-4-6-8(7)9;2-1-3/h4,6-7H,2-3,5H2,1H3;. The zero-order chi connectivity index (χ0) is 9.40. The van der Waals surface area contributed by atoms with Crippen molar-refractivity contribution in [2.45, 2.75) is 26.2 Å². The fourth-order valence-corrected chi connectivity index (χ4v) is 1.18. The van der Waals surface area contributed by atoms with E-state index in [1.165, 1.54) is 0 Å². The Hall–Kier alpha value is -1.21.